The van der Waals surface area contributed by atoms with Gasteiger partial charge in [0.25, 0.3) is 0 Å². The van der Waals surface area contributed by atoms with Gasteiger partial charge in [0.1, 0.15) is 30.1 Å². The third-order valence-electron chi connectivity index (χ3n) is 3.35. The molecule has 0 saturated carbocycles. The molecular weight excluding hydrogens is 307 g/mol. The Kier molecular flexibility index (Phi) is 4.15. The Hall–Kier alpha value is -2.28. The van der Waals surface area contributed by atoms with Crippen molar-refractivity contribution in [3.8, 4) is 0 Å². The van der Waals surface area contributed by atoms with Crippen LogP contribution in [-0.2, 0) is 13.0 Å². The number of aryl methyl sites for hydroxylation is 1. The third-order valence-corrected chi connectivity index (χ3v) is 3.64. The zero-order valence-corrected chi connectivity index (χ0v) is 12.7. The molecule has 0 saturated heterocycles. The lowest BCUT2D eigenvalue weighted by Crippen LogP contribution is -2.11. The second-order valence-corrected chi connectivity index (χ2v) is 5.12. The van der Waals surface area contributed by atoms with E-state index in [1.807, 2.05) is 11.5 Å². The molecule has 0 unspecified atom stereocenters. The second-order valence-electron chi connectivity index (χ2n) is 4.72. The number of benzene rings is 1. The minimum absolute atomic E-state index is 0.0493. The van der Waals surface area contributed by atoms with Crippen molar-refractivity contribution in [3.05, 3.63) is 41.5 Å². The van der Waals surface area contributed by atoms with Crippen LogP contribution in [0.4, 0.5) is 10.2 Å². The Morgan fingerprint density at radius 1 is 1.32 bits per heavy atom. The highest BCUT2D eigenvalue weighted by Crippen LogP contribution is 2.25. The molecule has 2 aromatic heterocycles. The van der Waals surface area contributed by atoms with Crippen LogP contribution in [0.25, 0.3) is 10.9 Å². The molecule has 0 radical (unpaired) electrons. The number of nitrogens with one attached hydrogen (secondary N) is 1. The van der Waals surface area contributed by atoms with Crippen molar-refractivity contribution < 1.29 is 4.39 Å². The number of aromatic nitrogens is 5. The quantitative estimate of drug-likeness (QED) is 0.782. The molecule has 1 aromatic carbocycles. The first-order chi connectivity index (χ1) is 10.7. The first-order valence-electron chi connectivity index (χ1n) is 6.89. The average Bonchev–Trinajstić information content (AvgIpc) is 2.96. The van der Waals surface area contributed by atoms with E-state index in [4.69, 9.17) is 11.6 Å². The number of nitrogens with zero attached hydrogens (tertiary/aromatic N) is 5. The molecule has 1 N–H and O–H groups in total. The van der Waals surface area contributed by atoms with Crippen LogP contribution < -0.4 is 5.32 Å². The summed E-state index contributed by atoms with van der Waals surface area (Å²) in [5.74, 6) is 0.975. The highest BCUT2D eigenvalue weighted by atomic mass is 35.5. The van der Waals surface area contributed by atoms with Crippen molar-refractivity contribution in [1.82, 2.24) is 24.7 Å². The number of hydrogen-bond acceptors (Lipinski definition) is 5. The summed E-state index contributed by atoms with van der Waals surface area (Å²) in [6.45, 7) is 3.46. The number of rotatable bonds is 5. The summed E-state index contributed by atoms with van der Waals surface area (Å²) in [7, 11) is 0. The summed E-state index contributed by atoms with van der Waals surface area (Å²) in [6, 6.07) is 2.83. The topological polar surface area (TPSA) is 68.5 Å². The highest BCUT2D eigenvalue weighted by molar-refractivity contribution is 6.31. The molecule has 0 bridgehead atoms. The van der Waals surface area contributed by atoms with Gasteiger partial charge in [0.15, 0.2) is 0 Å². The summed E-state index contributed by atoms with van der Waals surface area (Å²) in [4.78, 5) is 8.26. The lowest BCUT2D eigenvalue weighted by atomic mass is 10.2. The van der Waals surface area contributed by atoms with Gasteiger partial charge >= 0.3 is 0 Å². The molecule has 6 nitrogen and oxygen atoms in total. The maximum atomic E-state index is 13.6. The Balaban J connectivity index is 1.78. The summed E-state index contributed by atoms with van der Waals surface area (Å²) in [6.07, 6.45) is 3.82. The number of anilines is 1. The van der Waals surface area contributed by atoms with Gasteiger partial charge in [-0.3, -0.25) is 0 Å². The van der Waals surface area contributed by atoms with Gasteiger partial charge in [-0.05, 0) is 19.1 Å². The molecule has 0 aliphatic heterocycles. The fraction of sp³-hybridized carbons (Fsp3) is 0.286. The van der Waals surface area contributed by atoms with E-state index < -0.39 is 5.82 Å². The van der Waals surface area contributed by atoms with Crippen molar-refractivity contribution in [3.63, 3.8) is 0 Å². The van der Waals surface area contributed by atoms with Gasteiger partial charge in [-0.15, -0.1) is 10.2 Å². The number of halogens is 2. The van der Waals surface area contributed by atoms with Crippen LogP contribution in [0.1, 0.15) is 12.7 Å². The molecule has 2 heterocycles. The lowest BCUT2D eigenvalue weighted by Gasteiger charge is -2.09. The SMILES string of the molecule is CCn1cnnc1CCNc1ncnc2cc(Cl)c(F)cc12. The van der Waals surface area contributed by atoms with E-state index in [1.165, 1.54) is 18.5 Å². The van der Waals surface area contributed by atoms with Crippen LogP contribution in [0.15, 0.2) is 24.8 Å². The highest BCUT2D eigenvalue weighted by Gasteiger charge is 2.09. The van der Waals surface area contributed by atoms with Gasteiger partial charge < -0.3 is 9.88 Å². The zero-order chi connectivity index (χ0) is 15.5. The third kappa shape index (κ3) is 2.85. The van der Waals surface area contributed by atoms with Gasteiger partial charge in [-0.2, -0.15) is 0 Å². The van der Waals surface area contributed by atoms with Crippen LogP contribution >= 0.6 is 11.6 Å². The Labute approximate surface area is 131 Å². The molecule has 22 heavy (non-hydrogen) atoms. The second kappa shape index (κ2) is 6.23. The number of fused-ring (bicyclic) bond motifs is 1. The first kappa shape index (κ1) is 14.6. The first-order valence-corrected chi connectivity index (χ1v) is 7.27. The van der Waals surface area contributed by atoms with E-state index >= 15 is 0 Å². The molecule has 0 spiro atoms. The molecule has 3 aromatic rings. The Morgan fingerprint density at radius 2 is 2.18 bits per heavy atom. The van der Waals surface area contributed by atoms with Crippen LogP contribution in [0.5, 0.6) is 0 Å². The molecular formula is C14H14ClFN6. The molecule has 0 aliphatic rings. The van der Waals surface area contributed by atoms with Crippen LogP contribution in [0.2, 0.25) is 5.02 Å². The monoisotopic (exact) mass is 320 g/mol. The fourth-order valence-corrected chi connectivity index (χ4v) is 2.38. The van der Waals surface area contributed by atoms with Crippen molar-refractivity contribution in [2.45, 2.75) is 19.9 Å². The smallest absolute Gasteiger partial charge is 0.142 e. The predicted molar refractivity (Wildman–Crippen MR) is 82.4 cm³/mol. The standard InChI is InChI=1S/C14H14ClFN6/c1-2-22-8-20-21-13(22)3-4-17-14-9-5-11(16)10(15)6-12(9)18-7-19-14/h5-8H,2-4H2,1H3,(H,17,18,19). The van der Waals surface area contributed by atoms with Crippen molar-refractivity contribution >= 4 is 28.3 Å². The van der Waals surface area contributed by atoms with E-state index in [1.54, 1.807) is 6.33 Å². The molecule has 114 valence electrons. The average molecular weight is 321 g/mol. The van der Waals surface area contributed by atoms with Gasteiger partial charge in [-0.25, -0.2) is 14.4 Å². The molecule has 0 aliphatic carbocycles. The minimum atomic E-state index is -0.488. The summed E-state index contributed by atoms with van der Waals surface area (Å²) >= 11 is 5.77. The van der Waals surface area contributed by atoms with E-state index in [2.05, 4.69) is 25.5 Å². The van der Waals surface area contributed by atoms with Crippen molar-refractivity contribution in [2.24, 2.45) is 0 Å². The van der Waals surface area contributed by atoms with Crippen LogP contribution in [0.3, 0.4) is 0 Å². The molecule has 8 heteroatoms. The molecule has 0 atom stereocenters. The Morgan fingerprint density at radius 3 is 3.00 bits per heavy atom. The van der Waals surface area contributed by atoms with Gasteiger partial charge in [0, 0.05) is 24.9 Å². The summed E-state index contributed by atoms with van der Waals surface area (Å²) in [5.41, 5.74) is 0.598. The lowest BCUT2D eigenvalue weighted by molar-refractivity contribution is 0.630. The molecule has 3 rings (SSSR count). The van der Waals surface area contributed by atoms with Gasteiger partial charge in [0.2, 0.25) is 0 Å². The summed E-state index contributed by atoms with van der Waals surface area (Å²) < 4.78 is 15.6. The van der Waals surface area contributed by atoms with Crippen LogP contribution in [-0.4, -0.2) is 31.3 Å². The van der Waals surface area contributed by atoms with Gasteiger partial charge in [0.05, 0.1) is 10.5 Å². The predicted octanol–water partition coefficient (Wildman–Crippen LogP) is 2.69. The Bertz CT molecular complexity index is 803. The van der Waals surface area contributed by atoms with Gasteiger partial charge in [-0.1, -0.05) is 11.6 Å². The van der Waals surface area contributed by atoms with E-state index in [9.17, 15) is 4.39 Å². The van der Waals surface area contributed by atoms with E-state index in [0.717, 1.165) is 12.4 Å². The maximum Gasteiger partial charge on any atom is 0.142 e. The fourth-order valence-electron chi connectivity index (χ4n) is 2.22. The molecule has 0 fully saturated rings. The summed E-state index contributed by atoms with van der Waals surface area (Å²) in [5, 5.41) is 11.8. The van der Waals surface area contributed by atoms with Crippen LogP contribution in [0, 0.1) is 5.82 Å². The van der Waals surface area contributed by atoms with E-state index in [-0.39, 0.29) is 5.02 Å². The minimum Gasteiger partial charge on any atom is -0.369 e. The normalized spacial score (nSPS) is 11.0. The number of hydrogen-bond donors (Lipinski definition) is 1. The zero-order valence-electron chi connectivity index (χ0n) is 11.9. The van der Waals surface area contributed by atoms with Crippen molar-refractivity contribution in [2.75, 3.05) is 11.9 Å². The van der Waals surface area contributed by atoms with E-state index in [0.29, 0.717) is 29.7 Å². The maximum absolute atomic E-state index is 13.6. The largest absolute Gasteiger partial charge is 0.369 e. The molecule has 0 amide bonds. The van der Waals surface area contributed by atoms with Crippen molar-refractivity contribution in [1.29, 1.82) is 0 Å².